The Balaban J connectivity index is 2.51. The summed E-state index contributed by atoms with van der Waals surface area (Å²) in [5.74, 6) is -0.384. The van der Waals surface area contributed by atoms with Crippen molar-refractivity contribution in [2.24, 2.45) is 0 Å². The van der Waals surface area contributed by atoms with Gasteiger partial charge in [0.2, 0.25) is 0 Å². The lowest BCUT2D eigenvalue weighted by Gasteiger charge is -2.19. The predicted molar refractivity (Wildman–Crippen MR) is 79.9 cm³/mol. The summed E-state index contributed by atoms with van der Waals surface area (Å²) in [7, 11) is 1.65. The van der Waals surface area contributed by atoms with Gasteiger partial charge in [0.1, 0.15) is 5.82 Å². The quantitative estimate of drug-likeness (QED) is 0.674. The van der Waals surface area contributed by atoms with Crippen molar-refractivity contribution in [2.45, 2.75) is 25.8 Å². The number of hydrogen-bond acceptors (Lipinski definition) is 3. The van der Waals surface area contributed by atoms with Gasteiger partial charge in [-0.3, -0.25) is 0 Å². The second-order valence-corrected chi connectivity index (χ2v) is 5.08. The van der Waals surface area contributed by atoms with E-state index in [1.807, 2.05) is 0 Å². The summed E-state index contributed by atoms with van der Waals surface area (Å²) in [6, 6.07) is 5.03. The van der Waals surface area contributed by atoms with Crippen molar-refractivity contribution in [2.75, 3.05) is 33.5 Å². The Hall–Kier alpha value is -0.680. The van der Waals surface area contributed by atoms with Crippen LogP contribution in [-0.4, -0.2) is 39.5 Å². The minimum absolute atomic E-state index is 0.164. The normalized spacial score (nSPS) is 12.6. The lowest BCUT2D eigenvalue weighted by atomic mass is 10.1. The Morgan fingerprint density at radius 2 is 2.15 bits per heavy atom. The number of halogens is 2. The van der Waals surface area contributed by atoms with Crippen molar-refractivity contribution in [3.05, 3.63) is 34.6 Å². The summed E-state index contributed by atoms with van der Waals surface area (Å²) in [6.07, 6.45) is 1.81. The van der Waals surface area contributed by atoms with Gasteiger partial charge in [0, 0.05) is 13.2 Å². The highest BCUT2D eigenvalue weighted by atomic mass is 35.5. The zero-order chi connectivity index (χ0) is 14.8. The Morgan fingerprint density at radius 1 is 1.35 bits per heavy atom. The van der Waals surface area contributed by atoms with Crippen LogP contribution >= 0.6 is 11.6 Å². The highest BCUT2D eigenvalue weighted by molar-refractivity contribution is 6.30. The molecule has 1 N–H and O–H groups in total. The highest BCUT2D eigenvalue weighted by Gasteiger charge is 2.10. The second kappa shape index (κ2) is 10.1. The van der Waals surface area contributed by atoms with Crippen molar-refractivity contribution >= 4 is 11.6 Å². The minimum Gasteiger partial charge on any atom is -0.382 e. The van der Waals surface area contributed by atoms with Gasteiger partial charge in [0.25, 0.3) is 0 Å². The maximum Gasteiger partial charge on any atom is 0.141 e. The average Bonchev–Trinajstić information content (AvgIpc) is 2.44. The molecular formula is C15H23ClFNO2. The van der Waals surface area contributed by atoms with Gasteiger partial charge >= 0.3 is 0 Å². The molecule has 0 heterocycles. The second-order valence-electron chi connectivity index (χ2n) is 4.67. The zero-order valence-corrected chi connectivity index (χ0v) is 12.9. The van der Waals surface area contributed by atoms with Crippen LogP contribution in [0.3, 0.4) is 0 Å². The molecule has 20 heavy (non-hydrogen) atoms. The molecule has 0 saturated carbocycles. The first-order valence-electron chi connectivity index (χ1n) is 6.91. The molecule has 0 aliphatic rings. The third-order valence-electron chi connectivity index (χ3n) is 2.90. The van der Waals surface area contributed by atoms with Crippen molar-refractivity contribution in [3.63, 3.8) is 0 Å². The predicted octanol–water partition coefficient (Wildman–Crippen LogP) is 3.05. The highest BCUT2D eigenvalue weighted by Crippen LogP contribution is 2.17. The molecule has 0 fully saturated rings. The number of ether oxygens (including phenoxy) is 2. The van der Waals surface area contributed by atoms with Crippen LogP contribution in [0.2, 0.25) is 5.02 Å². The van der Waals surface area contributed by atoms with Crippen LogP contribution in [0.25, 0.3) is 0 Å². The van der Waals surface area contributed by atoms with E-state index in [2.05, 4.69) is 12.2 Å². The number of hydrogen-bond donors (Lipinski definition) is 1. The molecule has 0 radical (unpaired) electrons. The summed E-state index contributed by atoms with van der Waals surface area (Å²) in [6.45, 7) is 4.80. The van der Waals surface area contributed by atoms with Crippen molar-refractivity contribution in [1.82, 2.24) is 5.32 Å². The first kappa shape index (κ1) is 17.4. The number of rotatable bonds is 10. The molecule has 0 amide bonds. The van der Waals surface area contributed by atoms with Gasteiger partial charge < -0.3 is 14.8 Å². The largest absolute Gasteiger partial charge is 0.382 e. The van der Waals surface area contributed by atoms with E-state index in [9.17, 15) is 4.39 Å². The average molecular weight is 304 g/mol. The van der Waals surface area contributed by atoms with Crippen molar-refractivity contribution in [1.29, 1.82) is 0 Å². The molecule has 0 aliphatic heterocycles. The van der Waals surface area contributed by atoms with E-state index in [4.69, 9.17) is 21.1 Å². The summed E-state index contributed by atoms with van der Waals surface area (Å²) in [4.78, 5) is 0. The summed E-state index contributed by atoms with van der Waals surface area (Å²) < 4.78 is 23.7. The van der Waals surface area contributed by atoms with E-state index in [1.165, 1.54) is 6.07 Å². The molecular weight excluding hydrogens is 281 g/mol. The van der Waals surface area contributed by atoms with Crippen molar-refractivity contribution < 1.29 is 13.9 Å². The van der Waals surface area contributed by atoms with Crippen molar-refractivity contribution in [3.8, 4) is 0 Å². The summed E-state index contributed by atoms with van der Waals surface area (Å²) in [5.41, 5.74) is 1.00. The Morgan fingerprint density at radius 3 is 2.80 bits per heavy atom. The van der Waals surface area contributed by atoms with Gasteiger partial charge in [0.05, 0.1) is 24.8 Å². The fourth-order valence-electron chi connectivity index (χ4n) is 1.86. The summed E-state index contributed by atoms with van der Waals surface area (Å²) in [5, 5.41) is 3.59. The third-order valence-corrected chi connectivity index (χ3v) is 3.19. The van der Waals surface area contributed by atoms with Crippen LogP contribution in [0.15, 0.2) is 18.2 Å². The third kappa shape index (κ3) is 6.66. The fourth-order valence-corrected chi connectivity index (χ4v) is 2.06. The molecule has 0 saturated heterocycles. The number of benzene rings is 1. The van der Waals surface area contributed by atoms with Crippen LogP contribution in [0.4, 0.5) is 4.39 Å². The van der Waals surface area contributed by atoms with E-state index in [0.29, 0.717) is 19.8 Å². The summed E-state index contributed by atoms with van der Waals surface area (Å²) >= 11 is 5.80. The molecule has 0 spiro atoms. The molecule has 1 rings (SSSR count). The van der Waals surface area contributed by atoms with Crippen LogP contribution < -0.4 is 5.32 Å². The molecule has 1 aromatic rings. The van der Waals surface area contributed by atoms with Crippen LogP contribution in [0, 0.1) is 5.82 Å². The van der Waals surface area contributed by atoms with E-state index in [0.717, 1.165) is 24.9 Å². The van der Waals surface area contributed by atoms with Gasteiger partial charge in [-0.05, 0) is 37.1 Å². The van der Waals surface area contributed by atoms with Gasteiger partial charge in [0.15, 0.2) is 0 Å². The molecule has 1 aromatic carbocycles. The Kier molecular flexibility index (Phi) is 8.78. The molecule has 0 aromatic heterocycles. The number of nitrogens with one attached hydrogen (secondary N) is 1. The SMILES string of the molecule is CCCNC(COCCOC)Cc1ccc(F)c(Cl)c1. The zero-order valence-electron chi connectivity index (χ0n) is 12.1. The molecule has 0 aliphatic carbocycles. The van der Waals surface area contributed by atoms with Gasteiger partial charge in [-0.2, -0.15) is 0 Å². The molecule has 3 nitrogen and oxygen atoms in total. The smallest absolute Gasteiger partial charge is 0.141 e. The monoisotopic (exact) mass is 303 g/mol. The van der Waals surface area contributed by atoms with E-state index in [1.54, 1.807) is 19.2 Å². The Labute approximate surface area is 125 Å². The van der Waals surface area contributed by atoms with Gasteiger partial charge in [-0.25, -0.2) is 4.39 Å². The molecule has 0 bridgehead atoms. The van der Waals surface area contributed by atoms with Crippen LogP contribution in [-0.2, 0) is 15.9 Å². The first-order chi connectivity index (χ1) is 9.67. The van der Waals surface area contributed by atoms with E-state index >= 15 is 0 Å². The fraction of sp³-hybridized carbons (Fsp3) is 0.600. The maximum atomic E-state index is 13.1. The maximum absolute atomic E-state index is 13.1. The van der Waals surface area contributed by atoms with Gasteiger partial charge in [-0.1, -0.05) is 24.6 Å². The lowest BCUT2D eigenvalue weighted by molar-refractivity contribution is 0.0587. The first-order valence-corrected chi connectivity index (χ1v) is 7.29. The van der Waals surface area contributed by atoms with Crippen LogP contribution in [0.5, 0.6) is 0 Å². The van der Waals surface area contributed by atoms with E-state index in [-0.39, 0.29) is 16.9 Å². The Bertz CT molecular complexity index is 390. The number of methoxy groups -OCH3 is 1. The standard InChI is InChI=1S/C15H23ClFNO2/c1-3-6-18-13(11-20-8-7-19-2)9-12-4-5-15(17)14(16)10-12/h4-5,10,13,18H,3,6-9,11H2,1-2H3. The molecule has 5 heteroatoms. The van der Waals surface area contributed by atoms with Gasteiger partial charge in [-0.15, -0.1) is 0 Å². The topological polar surface area (TPSA) is 30.5 Å². The molecule has 1 atom stereocenters. The van der Waals surface area contributed by atoms with Crippen LogP contribution in [0.1, 0.15) is 18.9 Å². The molecule has 1 unspecified atom stereocenters. The molecule has 114 valence electrons. The lowest BCUT2D eigenvalue weighted by Crippen LogP contribution is -2.36. The van der Waals surface area contributed by atoms with E-state index < -0.39 is 0 Å². The minimum atomic E-state index is -0.384.